The fourth-order valence-corrected chi connectivity index (χ4v) is 1.91. The van der Waals surface area contributed by atoms with Gasteiger partial charge in [-0.3, -0.25) is 0 Å². The molecule has 0 saturated heterocycles. The van der Waals surface area contributed by atoms with Crippen molar-refractivity contribution in [2.24, 2.45) is 5.73 Å². The first kappa shape index (κ1) is 17.2. The summed E-state index contributed by atoms with van der Waals surface area (Å²) < 4.78 is 5.70. The van der Waals surface area contributed by atoms with Crippen LogP contribution in [0.3, 0.4) is 0 Å². The van der Waals surface area contributed by atoms with Crippen LogP contribution in [0.15, 0.2) is 34.9 Å². The van der Waals surface area contributed by atoms with E-state index in [2.05, 4.69) is 21.2 Å². The van der Waals surface area contributed by atoms with E-state index in [0.717, 1.165) is 14.9 Å². The number of urea groups is 1. The number of rotatable bonds is 5. The Kier molecular flexibility index (Phi) is 7.49. The summed E-state index contributed by atoms with van der Waals surface area (Å²) in [6.45, 7) is 2.12. The van der Waals surface area contributed by atoms with E-state index in [-0.39, 0.29) is 19.7 Å². The van der Waals surface area contributed by atoms with E-state index in [1.54, 1.807) is 13.0 Å². The molecule has 0 aliphatic rings. The second-order valence-electron chi connectivity index (χ2n) is 3.94. The maximum Gasteiger partial charge on any atom is 0.418 e. The van der Waals surface area contributed by atoms with Crippen molar-refractivity contribution in [3.63, 3.8) is 0 Å². The van der Waals surface area contributed by atoms with Crippen molar-refractivity contribution < 1.29 is 14.3 Å². The highest BCUT2D eigenvalue weighted by Crippen LogP contribution is 2.16. The number of hydrogen-bond acceptors (Lipinski definition) is 4. The lowest BCUT2D eigenvalue weighted by atomic mass is 10.2. The number of amides is 3. The third-order valence-electron chi connectivity index (χ3n) is 2.46. The van der Waals surface area contributed by atoms with Crippen molar-refractivity contribution >= 4 is 34.1 Å². The van der Waals surface area contributed by atoms with Crippen LogP contribution in [-0.2, 0) is 4.74 Å². The minimum atomic E-state index is -0.713. The van der Waals surface area contributed by atoms with E-state index in [1.165, 1.54) is 6.20 Å². The Morgan fingerprint density at radius 2 is 2.14 bits per heavy atom. The number of carbonyl (C=O) groups is 2. The van der Waals surface area contributed by atoms with Crippen LogP contribution in [0.1, 0.15) is 12.5 Å². The van der Waals surface area contributed by atoms with Gasteiger partial charge in [0.15, 0.2) is 0 Å². The van der Waals surface area contributed by atoms with Crippen LogP contribution in [-0.4, -0.2) is 36.7 Å². The van der Waals surface area contributed by atoms with Gasteiger partial charge in [0, 0.05) is 23.8 Å². The third-order valence-corrected chi connectivity index (χ3v) is 3.18. The first-order valence-electron chi connectivity index (χ1n) is 6.46. The van der Waals surface area contributed by atoms with Crippen LogP contribution in [0.2, 0.25) is 0 Å². The molecular weight excluding hydrogens is 338 g/mol. The molecule has 114 valence electrons. The summed E-state index contributed by atoms with van der Waals surface area (Å²) in [7, 11) is 0. The van der Waals surface area contributed by atoms with E-state index in [9.17, 15) is 9.59 Å². The molecule has 1 rings (SSSR count). The smallest absolute Gasteiger partial charge is 0.418 e. The lowest BCUT2D eigenvalue weighted by Gasteiger charge is -2.18. The van der Waals surface area contributed by atoms with Crippen LogP contribution in [0.4, 0.5) is 9.59 Å². The quantitative estimate of drug-likeness (QED) is 0.849. The average Bonchev–Trinajstić information content (AvgIpc) is 2.46. The number of nitrogens with one attached hydrogen (secondary N) is 1. The number of nitrogens with two attached hydrogens (primary N) is 1. The molecule has 0 saturated carbocycles. The van der Waals surface area contributed by atoms with Crippen LogP contribution in [0.25, 0.3) is 6.08 Å². The zero-order chi connectivity index (χ0) is 15.7. The molecule has 0 aromatic heterocycles. The molecule has 1 aromatic rings. The van der Waals surface area contributed by atoms with Gasteiger partial charge in [-0.2, -0.15) is 0 Å². The molecule has 0 fully saturated rings. The third kappa shape index (κ3) is 5.57. The number of ether oxygens (including phenoxy) is 1. The van der Waals surface area contributed by atoms with E-state index in [0.29, 0.717) is 0 Å². The molecule has 0 atom stereocenters. The highest BCUT2D eigenvalue weighted by atomic mass is 79.9. The van der Waals surface area contributed by atoms with Crippen LogP contribution < -0.4 is 11.1 Å². The molecule has 0 bridgehead atoms. The lowest BCUT2D eigenvalue weighted by molar-refractivity contribution is 0.116. The van der Waals surface area contributed by atoms with Crippen molar-refractivity contribution in [1.82, 2.24) is 10.2 Å². The Morgan fingerprint density at radius 3 is 2.76 bits per heavy atom. The summed E-state index contributed by atoms with van der Waals surface area (Å²) in [5, 5.41) is 2.51. The van der Waals surface area contributed by atoms with Crippen molar-refractivity contribution in [2.75, 3.05) is 19.7 Å². The highest BCUT2D eigenvalue weighted by molar-refractivity contribution is 9.10. The number of halogens is 1. The average molecular weight is 356 g/mol. The fourth-order valence-electron chi connectivity index (χ4n) is 1.50. The van der Waals surface area contributed by atoms with Gasteiger partial charge in [-0.15, -0.1) is 0 Å². The Balaban J connectivity index is 2.65. The van der Waals surface area contributed by atoms with Gasteiger partial charge in [-0.1, -0.05) is 34.1 Å². The Bertz CT molecular complexity index is 520. The summed E-state index contributed by atoms with van der Waals surface area (Å²) in [5.74, 6) is 0. The Hall–Kier alpha value is -1.86. The minimum absolute atomic E-state index is 0.0908. The number of nitrogens with zero attached hydrogens (tertiary/aromatic N) is 1. The molecule has 0 spiro atoms. The van der Waals surface area contributed by atoms with Gasteiger partial charge >= 0.3 is 12.1 Å². The van der Waals surface area contributed by atoms with Crippen molar-refractivity contribution in [3.05, 3.63) is 40.5 Å². The summed E-state index contributed by atoms with van der Waals surface area (Å²) in [6.07, 6.45) is 2.47. The largest absolute Gasteiger partial charge is 0.449 e. The van der Waals surface area contributed by atoms with E-state index >= 15 is 0 Å². The predicted octanol–water partition coefficient (Wildman–Crippen LogP) is 2.55. The first-order valence-corrected chi connectivity index (χ1v) is 7.25. The van der Waals surface area contributed by atoms with E-state index in [4.69, 9.17) is 10.5 Å². The number of carbonyl (C=O) groups excluding carboxylic acids is 2. The normalized spacial score (nSPS) is 10.4. The first-order chi connectivity index (χ1) is 10.1. The van der Waals surface area contributed by atoms with Crippen LogP contribution in [0.5, 0.6) is 0 Å². The maximum absolute atomic E-state index is 11.9. The second kappa shape index (κ2) is 9.15. The van der Waals surface area contributed by atoms with Gasteiger partial charge < -0.3 is 15.8 Å². The summed E-state index contributed by atoms with van der Waals surface area (Å²) >= 11 is 3.40. The van der Waals surface area contributed by atoms with Crippen molar-refractivity contribution in [1.29, 1.82) is 0 Å². The van der Waals surface area contributed by atoms with Crippen molar-refractivity contribution in [3.8, 4) is 0 Å². The van der Waals surface area contributed by atoms with Crippen molar-refractivity contribution in [2.45, 2.75) is 6.92 Å². The predicted molar refractivity (Wildman–Crippen MR) is 84.5 cm³/mol. The highest BCUT2D eigenvalue weighted by Gasteiger charge is 2.20. The SMILES string of the molecule is CCOC(=O)N(CCN)C(=O)N/C=C/c1ccccc1Br. The van der Waals surface area contributed by atoms with Gasteiger partial charge in [0.2, 0.25) is 0 Å². The molecule has 7 heteroatoms. The molecule has 3 amide bonds. The standard InChI is InChI=1S/C14H18BrN3O3/c1-2-21-14(20)18(10-8-16)13(19)17-9-7-11-5-3-4-6-12(11)15/h3-7,9H,2,8,10,16H2,1H3,(H,17,19)/b9-7+. The molecular formula is C14H18BrN3O3. The van der Waals surface area contributed by atoms with E-state index < -0.39 is 12.1 Å². The van der Waals surface area contributed by atoms with Gasteiger partial charge in [0.05, 0.1) is 6.61 Å². The molecule has 1 aromatic carbocycles. The monoisotopic (exact) mass is 355 g/mol. The zero-order valence-corrected chi connectivity index (χ0v) is 13.3. The number of hydrogen-bond donors (Lipinski definition) is 2. The maximum atomic E-state index is 11.9. The van der Waals surface area contributed by atoms with Crippen LogP contribution in [0, 0.1) is 0 Å². The zero-order valence-electron chi connectivity index (χ0n) is 11.7. The Labute approximate surface area is 132 Å². The number of benzene rings is 1. The fraction of sp³-hybridized carbons (Fsp3) is 0.286. The second-order valence-corrected chi connectivity index (χ2v) is 4.80. The topological polar surface area (TPSA) is 84.7 Å². The molecule has 0 aliphatic carbocycles. The molecule has 21 heavy (non-hydrogen) atoms. The number of imide groups is 1. The van der Waals surface area contributed by atoms with E-state index in [1.807, 2.05) is 24.3 Å². The summed E-state index contributed by atoms with van der Waals surface area (Å²) in [5.41, 5.74) is 6.29. The molecule has 0 radical (unpaired) electrons. The lowest BCUT2D eigenvalue weighted by Crippen LogP contribution is -2.44. The van der Waals surface area contributed by atoms with Gasteiger partial charge in [0.1, 0.15) is 0 Å². The molecule has 3 N–H and O–H groups in total. The molecule has 0 aliphatic heterocycles. The van der Waals surface area contributed by atoms with Gasteiger partial charge in [-0.05, 0) is 24.6 Å². The molecule has 6 nitrogen and oxygen atoms in total. The molecule has 0 unspecified atom stereocenters. The summed E-state index contributed by atoms with van der Waals surface area (Å²) in [4.78, 5) is 24.5. The van der Waals surface area contributed by atoms with Crippen LogP contribution >= 0.6 is 15.9 Å². The summed E-state index contributed by atoms with van der Waals surface area (Å²) in [6, 6.07) is 6.97. The molecule has 0 heterocycles. The minimum Gasteiger partial charge on any atom is -0.449 e. The van der Waals surface area contributed by atoms with Gasteiger partial charge in [-0.25, -0.2) is 14.5 Å². The van der Waals surface area contributed by atoms with Gasteiger partial charge in [0.25, 0.3) is 0 Å². The Morgan fingerprint density at radius 1 is 1.43 bits per heavy atom.